The third kappa shape index (κ3) is 4.84. The summed E-state index contributed by atoms with van der Waals surface area (Å²) in [6, 6.07) is 0. The molecule has 0 aromatic rings. The molecule has 1 fully saturated rings. The molecule has 0 aromatic carbocycles. The Bertz CT molecular complexity index is 180. The van der Waals surface area contributed by atoms with Crippen molar-refractivity contribution in [3.63, 3.8) is 0 Å². The number of aliphatic hydroxyl groups excluding tert-OH is 1. The Balaban J connectivity index is 2.37. The van der Waals surface area contributed by atoms with Crippen LogP contribution in [0.3, 0.4) is 0 Å². The van der Waals surface area contributed by atoms with Gasteiger partial charge in [0, 0.05) is 0 Å². The van der Waals surface area contributed by atoms with Crippen LogP contribution in [-0.2, 0) is 4.74 Å². The molecule has 96 valence electrons. The highest BCUT2D eigenvalue weighted by Crippen LogP contribution is 2.31. The van der Waals surface area contributed by atoms with Crippen LogP contribution >= 0.6 is 0 Å². The fourth-order valence-corrected chi connectivity index (χ4v) is 2.57. The first-order chi connectivity index (χ1) is 7.63. The van der Waals surface area contributed by atoms with Crippen molar-refractivity contribution in [1.29, 1.82) is 0 Å². The largest absolute Gasteiger partial charge is 0.394 e. The Kier molecular flexibility index (Phi) is 6.37. The second-order valence-corrected chi connectivity index (χ2v) is 5.68. The molecule has 1 aliphatic rings. The lowest BCUT2D eigenvalue weighted by Crippen LogP contribution is -2.32. The third-order valence-corrected chi connectivity index (χ3v) is 3.62. The normalized spacial score (nSPS) is 28.3. The van der Waals surface area contributed by atoms with Gasteiger partial charge in [-0.15, -0.1) is 0 Å². The van der Waals surface area contributed by atoms with Crippen molar-refractivity contribution in [2.75, 3.05) is 6.61 Å². The summed E-state index contributed by atoms with van der Waals surface area (Å²) in [4.78, 5) is 0. The zero-order valence-electron chi connectivity index (χ0n) is 11.1. The molecule has 2 heteroatoms. The van der Waals surface area contributed by atoms with Gasteiger partial charge in [0.15, 0.2) is 0 Å². The zero-order chi connectivity index (χ0) is 12.0. The molecule has 1 N–H and O–H groups in total. The second kappa shape index (κ2) is 7.29. The minimum atomic E-state index is 0.00431. The number of hydrogen-bond acceptors (Lipinski definition) is 2. The van der Waals surface area contributed by atoms with E-state index in [-0.39, 0.29) is 12.7 Å². The van der Waals surface area contributed by atoms with Crippen LogP contribution in [0.15, 0.2) is 0 Å². The predicted octanol–water partition coefficient (Wildman–Crippen LogP) is 3.38. The first-order valence-corrected chi connectivity index (χ1v) is 6.89. The van der Waals surface area contributed by atoms with E-state index in [1.165, 1.54) is 38.5 Å². The van der Waals surface area contributed by atoms with Crippen LogP contribution in [-0.4, -0.2) is 23.9 Å². The lowest BCUT2D eigenvalue weighted by molar-refractivity contribution is -0.0725. The maximum absolute atomic E-state index is 9.04. The molecule has 0 aromatic heterocycles. The Morgan fingerprint density at radius 2 is 1.88 bits per heavy atom. The molecule has 1 saturated carbocycles. The summed E-state index contributed by atoms with van der Waals surface area (Å²) in [5.41, 5.74) is 0. The molecule has 0 heterocycles. The molecule has 0 amide bonds. The predicted molar refractivity (Wildman–Crippen MR) is 67.5 cm³/mol. The van der Waals surface area contributed by atoms with Crippen molar-refractivity contribution in [2.24, 2.45) is 11.8 Å². The molecule has 3 atom stereocenters. The van der Waals surface area contributed by atoms with Gasteiger partial charge in [-0.25, -0.2) is 0 Å². The van der Waals surface area contributed by atoms with E-state index in [4.69, 9.17) is 9.84 Å². The van der Waals surface area contributed by atoms with Gasteiger partial charge >= 0.3 is 0 Å². The molecule has 0 radical (unpaired) electrons. The molecule has 3 unspecified atom stereocenters. The highest BCUT2D eigenvalue weighted by molar-refractivity contribution is 4.77. The number of rotatable bonds is 6. The van der Waals surface area contributed by atoms with Crippen molar-refractivity contribution in [1.82, 2.24) is 0 Å². The van der Waals surface area contributed by atoms with Crippen molar-refractivity contribution < 1.29 is 9.84 Å². The van der Waals surface area contributed by atoms with Crippen LogP contribution in [0, 0.1) is 11.8 Å². The smallest absolute Gasteiger partial charge is 0.0781 e. The maximum atomic E-state index is 9.04. The van der Waals surface area contributed by atoms with E-state index >= 15 is 0 Å². The number of aliphatic hydroxyl groups is 1. The van der Waals surface area contributed by atoms with Gasteiger partial charge in [0.1, 0.15) is 0 Å². The van der Waals surface area contributed by atoms with Gasteiger partial charge < -0.3 is 9.84 Å². The molecule has 1 rings (SSSR count). The molecule has 0 aliphatic heterocycles. The van der Waals surface area contributed by atoms with Crippen LogP contribution in [0.5, 0.6) is 0 Å². The lowest BCUT2D eigenvalue weighted by Gasteiger charge is -2.33. The van der Waals surface area contributed by atoms with Crippen molar-refractivity contribution in [3.8, 4) is 0 Å². The van der Waals surface area contributed by atoms with E-state index in [1.54, 1.807) is 0 Å². The summed E-state index contributed by atoms with van der Waals surface area (Å²) in [5.74, 6) is 1.52. The van der Waals surface area contributed by atoms with Gasteiger partial charge in [0.2, 0.25) is 0 Å². The summed E-state index contributed by atoms with van der Waals surface area (Å²) in [7, 11) is 0. The van der Waals surface area contributed by atoms with E-state index < -0.39 is 0 Å². The van der Waals surface area contributed by atoms with E-state index in [1.807, 2.05) is 6.92 Å². The van der Waals surface area contributed by atoms with Gasteiger partial charge in [0.25, 0.3) is 0 Å². The average Bonchev–Trinajstić information content (AvgIpc) is 2.27. The highest BCUT2D eigenvalue weighted by atomic mass is 16.5. The number of hydrogen-bond donors (Lipinski definition) is 1. The van der Waals surface area contributed by atoms with Crippen LogP contribution in [0.1, 0.15) is 59.3 Å². The molecule has 0 spiro atoms. The van der Waals surface area contributed by atoms with Crippen molar-refractivity contribution in [2.45, 2.75) is 71.5 Å². The topological polar surface area (TPSA) is 29.5 Å². The van der Waals surface area contributed by atoms with E-state index in [9.17, 15) is 0 Å². The highest BCUT2D eigenvalue weighted by Gasteiger charge is 2.26. The standard InChI is InChI=1S/C14H28O2/c1-11(2)8-9-13-6-4-5-7-14(13)16-12(3)10-15/h11-15H,4-10H2,1-3H3. The van der Waals surface area contributed by atoms with Crippen LogP contribution < -0.4 is 0 Å². The van der Waals surface area contributed by atoms with Gasteiger partial charge in [-0.05, 0) is 38.0 Å². The van der Waals surface area contributed by atoms with Gasteiger partial charge in [-0.2, -0.15) is 0 Å². The second-order valence-electron chi connectivity index (χ2n) is 5.68. The fraction of sp³-hybridized carbons (Fsp3) is 1.00. The Morgan fingerprint density at radius 3 is 2.50 bits per heavy atom. The molecular weight excluding hydrogens is 200 g/mol. The molecule has 16 heavy (non-hydrogen) atoms. The van der Waals surface area contributed by atoms with Crippen molar-refractivity contribution >= 4 is 0 Å². The maximum Gasteiger partial charge on any atom is 0.0781 e. The molecule has 1 aliphatic carbocycles. The quantitative estimate of drug-likeness (QED) is 0.755. The van der Waals surface area contributed by atoms with Crippen LogP contribution in [0.2, 0.25) is 0 Å². The van der Waals surface area contributed by atoms with E-state index in [0.717, 1.165) is 11.8 Å². The minimum absolute atomic E-state index is 0.00431. The van der Waals surface area contributed by atoms with Crippen molar-refractivity contribution in [3.05, 3.63) is 0 Å². The molecule has 0 saturated heterocycles. The molecule has 0 bridgehead atoms. The first kappa shape index (κ1) is 14.0. The lowest BCUT2D eigenvalue weighted by atomic mass is 9.82. The summed E-state index contributed by atoms with van der Waals surface area (Å²) in [6.45, 7) is 6.69. The zero-order valence-corrected chi connectivity index (χ0v) is 11.1. The molecule has 2 nitrogen and oxygen atoms in total. The van der Waals surface area contributed by atoms with Crippen LogP contribution in [0.4, 0.5) is 0 Å². The van der Waals surface area contributed by atoms with E-state index in [2.05, 4.69) is 13.8 Å². The monoisotopic (exact) mass is 228 g/mol. The summed E-state index contributed by atoms with van der Waals surface area (Å²) >= 11 is 0. The summed E-state index contributed by atoms with van der Waals surface area (Å²) in [6.07, 6.45) is 8.15. The van der Waals surface area contributed by atoms with Crippen LogP contribution in [0.25, 0.3) is 0 Å². The number of ether oxygens (including phenoxy) is 1. The summed E-state index contributed by atoms with van der Waals surface area (Å²) in [5, 5.41) is 9.04. The Hall–Kier alpha value is -0.0800. The minimum Gasteiger partial charge on any atom is -0.394 e. The van der Waals surface area contributed by atoms with Gasteiger partial charge in [-0.1, -0.05) is 33.1 Å². The fourth-order valence-electron chi connectivity index (χ4n) is 2.57. The molecular formula is C14H28O2. The van der Waals surface area contributed by atoms with Gasteiger partial charge in [0.05, 0.1) is 18.8 Å². The average molecular weight is 228 g/mol. The first-order valence-electron chi connectivity index (χ1n) is 6.89. The van der Waals surface area contributed by atoms with E-state index in [0.29, 0.717) is 6.10 Å². The SMILES string of the molecule is CC(C)CCC1CCCCC1OC(C)CO. The Morgan fingerprint density at radius 1 is 1.19 bits per heavy atom. The third-order valence-electron chi connectivity index (χ3n) is 3.62. The Labute approximate surface area is 100 Å². The van der Waals surface area contributed by atoms with Gasteiger partial charge in [-0.3, -0.25) is 0 Å². The summed E-state index contributed by atoms with van der Waals surface area (Å²) < 4.78 is 5.94.